The van der Waals surface area contributed by atoms with E-state index in [2.05, 4.69) is 14.8 Å². The Morgan fingerprint density at radius 3 is 2.48 bits per heavy atom. The van der Waals surface area contributed by atoms with Gasteiger partial charge in [0.05, 0.1) is 17.4 Å². The van der Waals surface area contributed by atoms with Crippen LogP contribution in [-0.4, -0.2) is 46.7 Å². The molecule has 1 saturated heterocycles. The van der Waals surface area contributed by atoms with Gasteiger partial charge in [-0.3, -0.25) is 24.0 Å². The number of amides is 1. The molecule has 2 aromatic heterocycles. The number of carboxylic acid groups (broad SMARTS) is 1. The number of carboxylic acids is 1. The van der Waals surface area contributed by atoms with Crippen LogP contribution in [0.5, 0.6) is 0 Å². The number of pyridine rings is 1. The van der Waals surface area contributed by atoms with Crippen LogP contribution in [0.2, 0.25) is 0 Å². The maximum atomic E-state index is 12.7. The van der Waals surface area contributed by atoms with Gasteiger partial charge in [-0.05, 0) is 42.0 Å². The minimum absolute atomic E-state index is 0.00126. The fourth-order valence-electron chi connectivity index (χ4n) is 3.30. The lowest BCUT2D eigenvalue weighted by Gasteiger charge is -2.16. The summed E-state index contributed by atoms with van der Waals surface area (Å²) in [5, 5.41) is 13.3. The third kappa shape index (κ3) is 4.56. The van der Waals surface area contributed by atoms with Gasteiger partial charge in [0.1, 0.15) is 0 Å². The van der Waals surface area contributed by atoms with Gasteiger partial charge in [0.2, 0.25) is 5.91 Å². The van der Waals surface area contributed by atoms with E-state index >= 15 is 0 Å². The average Bonchev–Trinajstić information content (AvgIpc) is 3.35. The van der Waals surface area contributed by atoms with E-state index in [0.717, 1.165) is 5.56 Å². The first-order chi connectivity index (χ1) is 14.8. The number of hydrogen-bond acceptors (Lipinski definition) is 6. The molecule has 1 atom stereocenters. The van der Waals surface area contributed by atoms with Crippen molar-refractivity contribution in [3.05, 3.63) is 66.6 Å². The Labute approximate surface area is 178 Å². The minimum atomic E-state index is -3.88. The van der Waals surface area contributed by atoms with Gasteiger partial charge in [-0.1, -0.05) is 0 Å². The van der Waals surface area contributed by atoms with E-state index in [-0.39, 0.29) is 29.6 Å². The van der Waals surface area contributed by atoms with Crippen molar-refractivity contribution < 1.29 is 23.1 Å². The highest BCUT2D eigenvalue weighted by atomic mass is 32.2. The van der Waals surface area contributed by atoms with Crippen LogP contribution in [-0.2, 0) is 26.2 Å². The van der Waals surface area contributed by atoms with Crippen LogP contribution in [0.4, 0.5) is 11.5 Å². The van der Waals surface area contributed by atoms with E-state index in [1.807, 2.05) is 12.1 Å². The van der Waals surface area contributed by atoms with E-state index in [1.165, 1.54) is 29.2 Å². The maximum Gasteiger partial charge on any atom is 0.308 e. The van der Waals surface area contributed by atoms with Crippen molar-refractivity contribution in [2.24, 2.45) is 5.92 Å². The number of benzene rings is 1. The zero-order chi connectivity index (χ0) is 22.0. The van der Waals surface area contributed by atoms with Gasteiger partial charge < -0.3 is 10.0 Å². The second kappa shape index (κ2) is 8.19. The van der Waals surface area contributed by atoms with Crippen LogP contribution in [0.25, 0.3) is 0 Å². The minimum Gasteiger partial charge on any atom is -0.481 e. The smallest absolute Gasteiger partial charge is 0.308 e. The van der Waals surface area contributed by atoms with Crippen LogP contribution in [0.3, 0.4) is 0 Å². The standard InChI is InChI=1S/C20H19N5O5S/c26-19-11-15(20(27)28)13-25(19)16-1-3-17(4-2-16)31(29,30)23-18-7-10-24(22-18)12-14-5-8-21-9-6-14/h1-10,15H,11-13H2,(H,22,23)(H,27,28). The Morgan fingerprint density at radius 1 is 1.13 bits per heavy atom. The number of nitrogens with one attached hydrogen (secondary N) is 1. The Kier molecular flexibility index (Phi) is 5.42. The van der Waals surface area contributed by atoms with E-state index < -0.39 is 21.9 Å². The SMILES string of the molecule is O=C(O)C1CC(=O)N(c2ccc(S(=O)(=O)Nc3ccn(Cc4ccncc4)n3)cc2)C1. The molecule has 1 fully saturated rings. The first kappa shape index (κ1) is 20.5. The van der Waals surface area contributed by atoms with E-state index in [0.29, 0.717) is 12.2 Å². The van der Waals surface area contributed by atoms with Crippen LogP contribution in [0.15, 0.2) is 66.0 Å². The Bertz CT molecular complexity index is 1210. The third-order valence-corrected chi connectivity index (χ3v) is 6.28. The Balaban J connectivity index is 1.45. The van der Waals surface area contributed by atoms with Gasteiger partial charge in [-0.15, -0.1) is 0 Å². The maximum absolute atomic E-state index is 12.7. The average molecular weight is 441 g/mol. The molecule has 10 nitrogen and oxygen atoms in total. The molecule has 3 heterocycles. The van der Waals surface area contributed by atoms with Crippen molar-refractivity contribution in [2.75, 3.05) is 16.2 Å². The summed E-state index contributed by atoms with van der Waals surface area (Å²) in [5.74, 6) is -1.92. The third-order valence-electron chi connectivity index (χ3n) is 4.91. The lowest BCUT2D eigenvalue weighted by Crippen LogP contribution is -2.25. The molecule has 0 bridgehead atoms. The number of carbonyl (C=O) groups excluding carboxylic acids is 1. The van der Waals surface area contributed by atoms with Crippen LogP contribution >= 0.6 is 0 Å². The second-order valence-electron chi connectivity index (χ2n) is 7.10. The molecule has 0 saturated carbocycles. The summed E-state index contributed by atoms with van der Waals surface area (Å²) in [6.07, 6.45) is 4.94. The normalized spacial score (nSPS) is 16.5. The highest BCUT2D eigenvalue weighted by molar-refractivity contribution is 7.92. The largest absolute Gasteiger partial charge is 0.481 e. The summed E-state index contributed by atoms with van der Waals surface area (Å²) in [4.78, 5) is 28.5. The Hall–Kier alpha value is -3.73. The molecule has 0 spiro atoms. The van der Waals surface area contributed by atoms with Crippen molar-refractivity contribution in [1.29, 1.82) is 0 Å². The molecule has 11 heteroatoms. The lowest BCUT2D eigenvalue weighted by molar-refractivity contribution is -0.141. The van der Waals surface area contributed by atoms with Crippen molar-refractivity contribution in [1.82, 2.24) is 14.8 Å². The molecule has 1 amide bonds. The summed E-state index contributed by atoms with van der Waals surface area (Å²) in [6.45, 7) is 0.535. The number of nitrogens with zero attached hydrogens (tertiary/aromatic N) is 4. The molecule has 1 unspecified atom stereocenters. The number of sulfonamides is 1. The molecule has 2 N–H and O–H groups in total. The number of aromatic nitrogens is 3. The summed E-state index contributed by atoms with van der Waals surface area (Å²) in [5.41, 5.74) is 1.43. The molecule has 1 aliphatic rings. The molecule has 1 aromatic carbocycles. The molecular formula is C20H19N5O5S. The van der Waals surface area contributed by atoms with E-state index in [9.17, 15) is 18.0 Å². The highest BCUT2D eigenvalue weighted by Crippen LogP contribution is 2.26. The summed E-state index contributed by atoms with van der Waals surface area (Å²) in [6, 6.07) is 11.0. The molecule has 0 radical (unpaired) electrons. The van der Waals surface area contributed by atoms with Gasteiger partial charge in [0, 0.05) is 43.3 Å². The first-order valence-corrected chi connectivity index (χ1v) is 10.9. The predicted molar refractivity (Wildman–Crippen MR) is 111 cm³/mol. The number of hydrogen-bond donors (Lipinski definition) is 2. The quantitative estimate of drug-likeness (QED) is 0.568. The first-order valence-electron chi connectivity index (χ1n) is 9.40. The van der Waals surface area contributed by atoms with Crippen molar-refractivity contribution in [3.63, 3.8) is 0 Å². The molecule has 1 aliphatic heterocycles. The van der Waals surface area contributed by atoms with E-state index in [4.69, 9.17) is 5.11 Å². The number of carbonyl (C=O) groups is 2. The van der Waals surface area contributed by atoms with Crippen molar-refractivity contribution >= 4 is 33.4 Å². The number of rotatable bonds is 7. The predicted octanol–water partition coefficient (Wildman–Crippen LogP) is 1.56. The summed E-state index contributed by atoms with van der Waals surface area (Å²) < 4.78 is 29.4. The summed E-state index contributed by atoms with van der Waals surface area (Å²) in [7, 11) is -3.88. The van der Waals surface area contributed by atoms with Gasteiger partial charge in [0.15, 0.2) is 5.82 Å². The topological polar surface area (TPSA) is 134 Å². The number of anilines is 2. The molecule has 0 aliphatic carbocycles. The Morgan fingerprint density at radius 2 is 1.84 bits per heavy atom. The fraction of sp³-hybridized carbons (Fsp3) is 0.200. The summed E-state index contributed by atoms with van der Waals surface area (Å²) >= 11 is 0. The lowest BCUT2D eigenvalue weighted by atomic mass is 10.1. The molecule has 4 rings (SSSR count). The molecular weight excluding hydrogens is 422 g/mol. The monoisotopic (exact) mass is 441 g/mol. The zero-order valence-electron chi connectivity index (χ0n) is 16.2. The van der Waals surface area contributed by atoms with Crippen molar-refractivity contribution in [2.45, 2.75) is 17.9 Å². The van der Waals surface area contributed by atoms with Crippen LogP contribution < -0.4 is 9.62 Å². The second-order valence-corrected chi connectivity index (χ2v) is 8.78. The number of aliphatic carboxylic acids is 1. The molecule has 3 aromatic rings. The van der Waals surface area contributed by atoms with Crippen LogP contribution in [0.1, 0.15) is 12.0 Å². The van der Waals surface area contributed by atoms with E-state index in [1.54, 1.807) is 29.3 Å². The highest BCUT2D eigenvalue weighted by Gasteiger charge is 2.35. The molecule has 160 valence electrons. The van der Waals surface area contributed by atoms with Crippen LogP contribution in [0, 0.1) is 5.92 Å². The van der Waals surface area contributed by atoms with Gasteiger partial charge in [-0.2, -0.15) is 5.10 Å². The van der Waals surface area contributed by atoms with Crippen molar-refractivity contribution in [3.8, 4) is 0 Å². The van der Waals surface area contributed by atoms with Gasteiger partial charge in [0.25, 0.3) is 10.0 Å². The molecule has 31 heavy (non-hydrogen) atoms. The van der Waals surface area contributed by atoms with Gasteiger partial charge >= 0.3 is 5.97 Å². The zero-order valence-corrected chi connectivity index (χ0v) is 17.1. The van der Waals surface area contributed by atoms with Gasteiger partial charge in [-0.25, -0.2) is 8.42 Å². The fourth-order valence-corrected chi connectivity index (χ4v) is 4.30.